The summed E-state index contributed by atoms with van der Waals surface area (Å²) in [5.41, 5.74) is 6.53. The summed E-state index contributed by atoms with van der Waals surface area (Å²) < 4.78 is 0. The fraction of sp³-hybridized carbons (Fsp3) is 0.381. The highest BCUT2D eigenvalue weighted by Crippen LogP contribution is 2.19. The number of carbonyl (C=O) groups is 1. The van der Waals surface area contributed by atoms with Crippen LogP contribution in [0.4, 0.5) is 0 Å². The maximum absolute atomic E-state index is 12.6. The first-order valence-corrected chi connectivity index (χ1v) is 8.62. The molecule has 0 N–H and O–H groups in total. The van der Waals surface area contributed by atoms with E-state index in [0.29, 0.717) is 6.54 Å². The van der Waals surface area contributed by atoms with E-state index in [1.54, 1.807) is 0 Å². The largest absolute Gasteiger partial charge is 0.337 e. The molecular weight excluding hydrogens is 296 g/mol. The first-order valence-electron chi connectivity index (χ1n) is 8.62. The molecule has 0 spiro atoms. The fourth-order valence-electron chi connectivity index (χ4n) is 3.41. The quantitative estimate of drug-likeness (QED) is 0.862. The Morgan fingerprint density at radius 1 is 1.12 bits per heavy atom. The number of rotatable bonds is 4. The number of hydrogen-bond acceptors (Lipinski definition) is 2. The van der Waals surface area contributed by atoms with Crippen molar-refractivity contribution in [2.45, 2.75) is 33.4 Å². The molecule has 1 amide bonds. The molecule has 1 aliphatic heterocycles. The van der Waals surface area contributed by atoms with Crippen LogP contribution in [0.15, 0.2) is 42.5 Å². The van der Waals surface area contributed by atoms with Crippen molar-refractivity contribution in [1.29, 1.82) is 0 Å². The molecule has 0 aromatic heterocycles. The van der Waals surface area contributed by atoms with Crippen LogP contribution in [0.25, 0.3) is 0 Å². The lowest BCUT2D eigenvalue weighted by atomic mass is 10.00. The predicted octanol–water partition coefficient (Wildman–Crippen LogP) is 3.32. The average molecular weight is 322 g/mol. The summed E-state index contributed by atoms with van der Waals surface area (Å²) in [5.74, 6) is 0.219. The van der Waals surface area contributed by atoms with Gasteiger partial charge in [0.05, 0.1) is 6.54 Å². The molecule has 3 rings (SSSR count). The molecule has 126 valence electrons. The van der Waals surface area contributed by atoms with Gasteiger partial charge in [-0.2, -0.15) is 0 Å². The standard InChI is InChI=1S/C21H26N2O/c1-16-8-9-19(17(2)12-16)13-22(3)15-21(24)23-11-10-18-6-4-5-7-20(18)14-23/h4-9,12H,10-11,13-15H2,1-3H3. The van der Waals surface area contributed by atoms with Crippen molar-refractivity contribution in [2.75, 3.05) is 20.1 Å². The zero-order chi connectivity index (χ0) is 17.1. The Morgan fingerprint density at radius 3 is 2.62 bits per heavy atom. The second kappa shape index (κ2) is 7.18. The van der Waals surface area contributed by atoms with Gasteiger partial charge >= 0.3 is 0 Å². The van der Waals surface area contributed by atoms with E-state index in [1.807, 2.05) is 11.9 Å². The highest BCUT2D eigenvalue weighted by molar-refractivity contribution is 5.78. The summed E-state index contributed by atoms with van der Waals surface area (Å²) >= 11 is 0. The van der Waals surface area contributed by atoms with Gasteiger partial charge in [0.1, 0.15) is 0 Å². The normalized spacial score (nSPS) is 13.9. The van der Waals surface area contributed by atoms with Gasteiger partial charge in [-0.1, -0.05) is 48.0 Å². The number of likely N-dealkylation sites (N-methyl/N-ethyl adjacent to an activating group) is 1. The van der Waals surface area contributed by atoms with E-state index in [1.165, 1.54) is 27.8 Å². The lowest BCUT2D eigenvalue weighted by Gasteiger charge is -2.30. The van der Waals surface area contributed by atoms with E-state index in [4.69, 9.17) is 0 Å². The van der Waals surface area contributed by atoms with Crippen molar-refractivity contribution in [1.82, 2.24) is 9.80 Å². The van der Waals surface area contributed by atoms with Crippen molar-refractivity contribution in [3.63, 3.8) is 0 Å². The number of nitrogens with zero attached hydrogens (tertiary/aromatic N) is 2. The van der Waals surface area contributed by atoms with Crippen LogP contribution in [0.5, 0.6) is 0 Å². The molecule has 1 aliphatic rings. The third-order valence-corrected chi connectivity index (χ3v) is 4.83. The van der Waals surface area contributed by atoms with Crippen LogP contribution in [-0.4, -0.2) is 35.8 Å². The Kier molecular flexibility index (Phi) is 5.00. The van der Waals surface area contributed by atoms with Gasteiger partial charge in [0, 0.05) is 19.6 Å². The first-order chi connectivity index (χ1) is 11.5. The second-order valence-corrected chi connectivity index (χ2v) is 6.94. The zero-order valence-electron chi connectivity index (χ0n) is 14.9. The average Bonchev–Trinajstić information content (AvgIpc) is 2.57. The van der Waals surface area contributed by atoms with Crippen molar-refractivity contribution in [2.24, 2.45) is 0 Å². The number of fused-ring (bicyclic) bond motifs is 1. The highest BCUT2D eigenvalue weighted by Gasteiger charge is 2.21. The number of benzene rings is 2. The summed E-state index contributed by atoms with van der Waals surface area (Å²) in [6.45, 7) is 7.09. The van der Waals surface area contributed by atoms with Crippen LogP contribution < -0.4 is 0 Å². The lowest BCUT2D eigenvalue weighted by molar-refractivity contribution is -0.133. The molecular formula is C21H26N2O. The van der Waals surface area contributed by atoms with E-state index in [9.17, 15) is 4.79 Å². The molecule has 1 heterocycles. The number of amides is 1. The van der Waals surface area contributed by atoms with Gasteiger partial charge in [0.25, 0.3) is 0 Å². The lowest BCUT2D eigenvalue weighted by Crippen LogP contribution is -2.41. The molecule has 2 aromatic rings. The van der Waals surface area contributed by atoms with E-state index < -0.39 is 0 Å². The fourth-order valence-corrected chi connectivity index (χ4v) is 3.41. The van der Waals surface area contributed by atoms with Gasteiger partial charge in [0.2, 0.25) is 5.91 Å². The monoisotopic (exact) mass is 322 g/mol. The van der Waals surface area contributed by atoms with Crippen molar-refractivity contribution in [3.05, 3.63) is 70.3 Å². The van der Waals surface area contributed by atoms with Gasteiger partial charge in [0.15, 0.2) is 0 Å². The molecule has 0 fully saturated rings. The van der Waals surface area contributed by atoms with Gasteiger partial charge in [-0.25, -0.2) is 0 Å². The summed E-state index contributed by atoms with van der Waals surface area (Å²) in [4.78, 5) is 16.7. The third-order valence-electron chi connectivity index (χ3n) is 4.83. The Bertz CT molecular complexity index is 738. The van der Waals surface area contributed by atoms with Crippen molar-refractivity contribution < 1.29 is 4.79 Å². The molecule has 0 unspecified atom stereocenters. The summed E-state index contributed by atoms with van der Waals surface area (Å²) in [6.07, 6.45) is 0.961. The second-order valence-electron chi connectivity index (χ2n) is 6.94. The molecule has 0 bridgehead atoms. The van der Waals surface area contributed by atoms with Crippen LogP contribution >= 0.6 is 0 Å². The molecule has 0 saturated heterocycles. The molecule has 3 heteroatoms. The van der Waals surface area contributed by atoms with Crippen LogP contribution in [0.2, 0.25) is 0 Å². The topological polar surface area (TPSA) is 23.6 Å². The summed E-state index contributed by atoms with van der Waals surface area (Å²) in [7, 11) is 2.02. The molecule has 3 nitrogen and oxygen atoms in total. The van der Waals surface area contributed by atoms with Crippen LogP contribution in [0, 0.1) is 13.8 Å². The molecule has 2 aromatic carbocycles. The minimum absolute atomic E-state index is 0.219. The minimum Gasteiger partial charge on any atom is -0.337 e. The van der Waals surface area contributed by atoms with Crippen molar-refractivity contribution >= 4 is 5.91 Å². The SMILES string of the molecule is Cc1ccc(CN(C)CC(=O)N2CCc3ccccc3C2)c(C)c1. The van der Waals surface area contributed by atoms with Gasteiger partial charge in [-0.15, -0.1) is 0 Å². The van der Waals surface area contributed by atoms with Gasteiger partial charge in [-0.3, -0.25) is 9.69 Å². The number of hydrogen-bond donors (Lipinski definition) is 0. The third kappa shape index (κ3) is 3.85. The molecule has 0 atom stereocenters. The Hall–Kier alpha value is -2.13. The summed E-state index contributed by atoms with van der Waals surface area (Å²) in [6, 6.07) is 14.9. The number of aryl methyl sites for hydroxylation is 2. The Labute approximate surface area is 144 Å². The van der Waals surface area contributed by atoms with E-state index in [2.05, 4.69) is 61.2 Å². The van der Waals surface area contributed by atoms with Crippen LogP contribution in [0.1, 0.15) is 27.8 Å². The van der Waals surface area contributed by atoms with E-state index in [0.717, 1.165) is 26.1 Å². The minimum atomic E-state index is 0.219. The molecule has 0 aliphatic carbocycles. The highest BCUT2D eigenvalue weighted by atomic mass is 16.2. The van der Waals surface area contributed by atoms with Gasteiger partial charge in [-0.05, 0) is 49.6 Å². The van der Waals surface area contributed by atoms with Crippen LogP contribution in [-0.2, 0) is 24.3 Å². The molecule has 24 heavy (non-hydrogen) atoms. The smallest absolute Gasteiger partial charge is 0.237 e. The first kappa shape index (κ1) is 16.7. The number of carbonyl (C=O) groups excluding carboxylic acids is 1. The zero-order valence-corrected chi connectivity index (χ0v) is 14.9. The summed E-state index contributed by atoms with van der Waals surface area (Å²) in [5, 5.41) is 0. The van der Waals surface area contributed by atoms with E-state index in [-0.39, 0.29) is 5.91 Å². The van der Waals surface area contributed by atoms with Gasteiger partial charge < -0.3 is 4.90 Å². The van der Waals surface area contributed by atoms with E-state index >= 15 is 0 Å². The molecule has 0 saturated carbocycles. The maximum atomic E-state index is 12.6. The Morgan fingerprint density at radius 2 is 1.88 bits per heavy atom. The Balaban J connectivity index is 1.59. The maximum Gasteiger partial charge on any atom is 0.237 e. The molecule has 0 radical (unpaired) electrons. The van der Waals surface area contributed by atoms with Crippen LogP contribution in [0.3, 0.4) is 0 Å². The van der Waals surface area contributed by atoms with Crippen molar-refractivity contribution in [3.8, 4) is 0 Å². The predicted molar refractivity (Wildman–Crippen MR) is 97.8 cm³/mol.